The minimum absolute atomic E-state index is 0.173. The van der Waals surface area contributed by atoms with Gasteiger partial charge in [0.05, 0.1) is 31.8 Å². The number of benzene rings is 1. The van der Waals surface area contributed by atoms with Crippen molar-refractivity contribution in [3.8, 4) is 11.8 Å². The van der Waals surface area contributed by atoms with Crippen LogP contribution in [-0.2, 0) is 30.7 Å². The molecule has 0 bridgehead atoms. The first-order valence-corrected chi connectivity index (χ1v) is 9.37. The van der Waals surface area contributed by atoms with E-state index in [4.69, 9.17) is 10.00 Å². The number of aryl methyl sites for hydroxylation is 2. The smallest absolute Gasteiger partial charge is 0.223 e. The Labute approximate surface area is 160 Å². The van der Waals surface area contributed by atoms with E-state index in [1.165, 1.54) is 11.1 Å². The summed E-state index contributed by atoms with van der Waals surface area (Å²) in [6, 6.07) is 8.25. The molecule has 0 unspecified atom stereocenters. The molecule has 6 nitrogen and oxygen atoms in total. The molecule has 1 aromatic heterocycles. The molecule has 6 heteroatoms. The first-order valence-electron chi connectivity index (χ1n) is 9.37. The summed E-state index contributed by atoms with van der Waals surface area (Å²) in [5.74, 6) is 1.01. The molecule has 1 aromatic carbocycles. The minimum atomic E-state index is 0.173. The monoisotopic (exact) mass is 366 g/mol. The van der Waals surface area contributed by atoms with Gasteiger partial charge in [-0.25, -0.2) is 0 Å². The van der Waals surface area contributed by atoms with Crippen molar-refractivity contribution in [3.05, 3.63) is 46.3 Å². The molecule has 0 aliphatic carbocycles. The first-order chi connectivity index (χ1) is 13.0. The van der Waals surface area contributed by atoms with Gasteiger partial charge in [-0.15, -0.1) is 0 Å². The summed E-state index contributed by atoms with van der Waals surface area (Å²) in [6.45, 7) is 5.99. The third-order valence-corrected chi connectivity index (χ3v) is 5.33. The molecule has 0 saturated heterocycles. The van der Waals surface area contributed by atoms with E-state index in [9.17, 15) is 4.79 Å². The summed E-state index contributed by atoms with van der Waals surface area (Å²) in [5.41, 5.74) is 5.60. The third-order valence-electron chi connectivity index (χ3n) is 5.33. The molecule has 2 heterocycles. The Morgan fingerprint density at radius 1 is 1.33 bits per heavy atom. The van der Waals surface area contributed by atoms with Crippen molar-refractivity contribution in [2.75, 3.05) is 13.7 Å². The number of hydrogen-bond acceptors (Lipinski definition) is 4. The Morgan fingerprint density at radius 3 is 2.89 bits per heavy atom. The standard InChI is InChI=1S/C21H26N4O2/c1-15-20(16(2)25(23-15)11-4-10-22)7-8-21(26)24-12-9-17-5-6-19(27-3)13-18(17)14-24/h5-6,13H,4,7-9,11-12,14H2,1-3H3. The number of amides is 1. The SMILES string of the molecule is COc1ccc2c(c1)CN(C(=O)CCc1c(C)nn(CCC#N)c1C)CC2. The van der Waals surface area contributed by atoms with Gasteiger partial charge in [0.15, 0.2) is 0 Å². The van der Waals surface area contributed by atoms with Crippen LogP contribution in [0.15, 0.2) is 18.2 Å². The molecular formula is C21H26N4O2. The van der Waals surface area contributed by atoms with E-state index in [0.717, 1.165) is 35.7 Å². The lowest BCUT2D eigenvalue weighted by molar-refractivity contribution is -0.132. The summed E-state index contributed by atoms with van der Waals surface area (Å²) in [7, 11) is 1.66. The van der Waals surface area contributed by atoms with Gasteiger partial charge in [0, 0.05) is 25.2 Å². The highest BCUT2D eigenvalue weighted by Gasteiger charge is 2.22. The Balaban J connectivity index is 1.63. The molecular weight excluding hydrogens is 340 g/mol. The number of rotatable bonds is 6. The fraction of sp³-hybridized carbons (Fsp3) is 0.476. The van der Waals surface area contributed by atoms with Crippen molar-refractivity contribution in [1.29, 1.82) is 5.26 Å². The number of aromatic nitrogens is 2. The Morgan fingerprint density at radius 2 is 2.15 bits per heavy atom. The summed E-state index contributed by atoms with van der Waals surface area (Å²) in [4.78, 5) is 14.7. The van der Waals surface area contributed by atoms with Gasteiger partial charge in [-0.1, -0.05) is 6.07 Å². The van der Waals surface area contributed by atoms with E-state index in [1.807, 2.05) is 35.6 Å². The van der Waals surface area contributed by atoms with Crippen LogP contribution in [0, 0.1) is 25.2 Å². The fourth-order valence-corrected chi connectivity index (χ4v) is 3.73. The summed E-state index contributed by atoms with van der Waals surface area (Å²) in [5, 5.41) is 13.3. The molecule has 2 aromatic rings. The number of nitrogens with zero attached hydrogens (tertiary/aromatic N) is 4. The van der Waals surface area contributed by atoms with E-state index in [2.05, 4.69) is 17.2 Å². The highest BCUT2D eigenvalue weighted by atomic mass is 16.5. The van der Waals surface area contributed by atoms with Crippen molar-refractivity contribution in [3.63, 3.8) is 0 Å². The quantitative estimate of drug-likeness (QED) is 0.788. The van der Waals surface area contributed by atoms with Crippen molar-refractivity contribution in [2.45, 2.75) is 52.6 Å². The van der Waals surface area contributed by atoms with Gasteiger partial charge in [0.2, 0.25) is 5.91 Å². The molecule has 0 N–H and O–H groups in total. The Hall–Kier alpha value is -2.81. The second kappa shape index (κ2) is 8.26. The number of carbonyl (C=O) groups excluding carboxylic acids is 1. The van der Waals surface area contributed by atoms with Gasteiger partial charge < -0.3 is 9.64 Å². The maximum atomic E-state index is 12.8. The van der Waals surface area contributed by atoms with Crippen LogP contribution in [0.1, 0.15) is 40.9 Å². The molecule has 3 rings (SSSR count). The van der Waals surface area contributed by atoms with Crippen LogP contribution in [0.4, 0.5) is 0 Å². The Bertz CT molecular complexity index is 879. The molecule has 1 amide bonds. The zero-order chi connectivity index (χ0) is 19.4. The largest absolute Gasteiger partial charge is 0.497 e. The summed E-state index contributed by atoms with van der Waals surface area (Å²) < 4.78 is 7.18. The molecule has 0 radical (unpaired) electrons. The lowest BCUT2D eigenvalue weighted by atomic mass is 9.98. The highest BCUT2D eigenvalue weighted by Crippen LogP contribution is 2.24. The number of methoxy groups -OCH3 is 1. The average molecular weight is 366 g/mol. The van der Waals surface area contributed by atoms with Crippen LogP contribution >= 0.6 is 0 Å². The summed E-state index contributed by atoms with van der Waals surface area (Å²) >= 11 is 0. The van der Waals surface area contributed by atoms with Gasteiger partial charge in [0.25, 0.3) is 0 Å². The Kier molecular flexibility index (Phi) is 5.80. The van der Waals surface area contributed by atoms with E-state index < -0.39 is 0 Å². The molecule has 1 aliphatic heterocycles. The van der Waals surface area contributed by atoms with Gasteiger partial charge in [0.1, 0.15) is 5.75 Å². The first kappa shape index (κ1) is 19.0. The number of nitriles is 1. The molecule has 142 valence electrons. The van der Waals surface area contributed by atoms with Crippen molar-refractivity contribution >= 4 is 5.91 Å². The molecule has 0 saturated carbocycles. The van der Waals surface area contributed by atoms with Crippen LogP contribution in [0.2, 0.25) is 0 Å². The van der Waals surface area contributed by atoms with Crippen LogP contribution in [0.25, 0.3) is 0 Å². The van der Waals surface area contributed by atoms with Crippen molar-refractivity contribution in [2.24, 2.45) is 0 Å². The molecule has 0 fully saturated rings. The van der Waals surface area contributed by atoms with Gasteiger partial charge >= 0.3 is 0 Å². The molecule has 27 heavy (non-hydrogen) atoms. The predicted molar refractivity (Wildman–Crippen MR) is 102 cm³/mol. The van der Waals surface area contributed by atoms with E-state index in [0.29, 0.717) is 32.4 Å². The van der Waals surface area contributed by atoms with E-state index in [1.54, 1.807) is 7.11 Å². The maximum Gasteiger partial charge on any atom is 0.223 e. The average Bonchev–Trinajstić information content (AvgIpc) is 2.96. The molecule has 0 spiro atoms. The van der Waals surface area contributed by atoms with Gasteiger partial charge in [-0.3, -0.25) is 9.48 Å². The highest BCUT2D eigenvalue weighted by molar-refractivity contribution is 5.77. The number of hydrogen-bond donors (Lipinski definition) is 0. The summed E-state index contributed by atoms with van der Waals surface area (Å²) in [6.07, 6.45) is 2.49. The second-order valence-corrected chi connectivity index (χ2v) is 6.98. The lowest BCUT2D eigenvalue weighted by Gasteiger charge is -2.29. The normalized spacial score (nSPS) is 13.2. The maximum absolute atomic E-state index is 12.8. The number of ether oxygens (including phenoxy) is 1. The van der Waals surface area contributed by atoms with Crippen LogP contribution in [0.5, 0.6) is 5.75 Å². The molecule has 1 aliphatic rings. The number of carbonyl (C=O) groups is 1. The van der Waals surface area contributed by atoms with Crippen LogP contribution in [0.3, 0.4) is 0 Å². The zero-order valence-corrected chi connectivity index (χ0v) is 16.3. The van der Waals surface area contributed by atoms with Crippen molar-refractivity contribution in [1.82, 2.24) is 14.7 Å². The number of fused-ring (bicyclic) bond motifs is 1. The topological polar surface area (TPSA) is 71.2 Å². The van der Waals surface area contributed by atoms with Crippen LogP contribution in [-0.4, -0.2) is 34.2 Å². The van der Waals surface area contributed by atoms with Crippen LogP contribution < -0.4 is 4.74 Å². The van der Waals surface area contributed by atoms with E-state index >= 15 is 0 Å². The van der Waals surface area contributed by atoms with E-state index in [-0.39, 0.29) is 5.91 Å². The fourth-order valence-electron chi connectivity index (χ4n) is 3.73. The van der Waals surface area contributed by atoms with Gasteiger partial charge in [-0.2, -0.15) is 10.4 Å². The lowest BCUT2D eigenvalue weighted by Crippen LogP contribution is -2.36. The second-order valence-electron chi connectivity index (χ2n) is 6.98. The third kappa shape index (κ3) is 4.13. The predicted octanol–water partition coefficient (Wildman–Crippen LogP) is 2.94. The minimum Gasteiger partial charge on any atom is -0.497 e. The van der Waals surface area contributed by atoms with Gasteiger partial charge in [-0.05, 0) is 55.5 Å². The molecule has 0 atom stereocenters. The van der Waals surface area contributed by atoms with Crippen molar-refractivity contribution < 1.29 is 9.53 Å². The zero-order valence-electron chi connectivity index (χ0n) is 16.3.